The number of methoxy groups -OCH3 is 1. The van der Waals surface area contributed by atoms with E-state index in [4.69, 9.17) is 4.74 Å². The average Bonchev–Trinajstić information content (AvgIpc) is 2.83. The van der Waals surface area contributed by atoms with Crippen LogP contribution in [0.5, 0.6) is 6.01 Å². The molecule has 0 aliphatic heterocycles. The topological polar surface area (TPSA) is 27.1 Å². The zero-order chi connectivity index (χ0) is 11.9. The van der Waals surface area contributed by atoms with Crippen LogP contribution in [0.15, 0.2) is 42.7 Å². The van der Waals surface area contributed by atoms with Gasteiger partial charge in [-0.2, -0.15) is 0 Å². The Morgan fingerprint density at radius 3 is 2.76 bits per heavy atom. The van der Waals surface area contributed by atoms with Gasteiger partial charge in [0.2, 0.25) is 0 Å². The number of benzene rings is 1. The van der Waals surface area contributed by atoms with Crippen LogP contribution in [0.3, 0.4) is 0 Å². The molecule has 0 spiro atoms. The maximum absolute atomic E-state index is 5.15. The monoisotopic (exact) mass is 230 g/mol. The van der Waals surface area contributed by atoms with Gasteiger partial charge in [0.05, 0.1) is 7.11 Å². The lowest BCUT2D eigenvalue weighted by Gasteiger charge is -2.06. The van der Waals surface area contributed by atoms with Crippen molar-refractivity contribution < 1.29 is 4.74 Å². The van der Waals surface area contributed by atoms with Gasteiger partial charge in [-0.05, 0) is 24.8 Å². The summed E-state index contributed by atoms with van der Waals surface area (Å²) in [6, 6.07) is 11.3. The van der Waals surface area contributed by atoms with Crippen molar-refractivity contribution >= 4 is 0 Å². The predicted molar refractivity (Wildman–Crippen MR) is 68.2 cm³/mol. The number of aromatic nitrogens is 2. The van der Waals surface area contributed by atoms with E-state index in [1.807, 2.05) is 10.8 Å². The van der Waals surface area contributed by atoms with E-state index in [1.54, 1.807) is 13.3 Å². The number of rotatable bonds is 6. The number of hydrogen-bond donors (Lipinski definition) is 0. The maximum Gasteiger partial charge on any atom is 0.295 e. The molecule has 0 fully saturated rings. The molecule has 2 rings (SSSR count). The zero-order valence-corrected chi connectivity index (χ0v) is 10.2. The minimum Gasteiger partial charge on any atom is -0.468 e. The minimum absolute atomic E-state index is 0.699. The lowest BCUT2D eigenvalue weighted by Crippen LogP contribution is -2.00. The second-order valence-corrected chi connectivity index (χ2v) is 4.05. The summed E-state index contributed by atoms with van der Waals surface area (Å²) in [4.78, 5) is 4.11. The van der Waals surface area contributed by atoms with E-state index in [2.05, 4.69) is 35.3 Å². The number of imidazole rings is 1. The lowest BCUT2D eigenvalue weighted by molar-refractivity contribution is 0.354. The normalized spacial score (nSPS) is 10.4. The van der Waals surface area contributed by atoms with Gasteiger partial charge in [0.25, 0.3) is 6.01 Å². The highest BCUT2D eigenvalue weighted by molar-refractivity contribution is 5.14. The van der Waals surface area contributed by atoms with E-state index >= 15 is 0 Å². The highest BCUT2D eigenvalue weighted by Gasteiger charge is 2.00. The van der Waals surface area contributed by atoms with Crippen LogP contribution in [-0.4, -0.2) is 16.7 Å². The molecule has 1 aromatic carbocycles. The molecule has 1 heterocycles. The van der Waals surface area contributed by atoms with E-state index < -0.39 is 0 Å². The van der Waals surface area contributed by atoms with Crippen molar-refractivity contribution in [2.75, 3.05) is 7.11 Å². The third-order valence-electron chi connectivity index (χ3n) is 2.82. The van der Waals surface area contributed by atoms with Gasteiger partial charge >= 0.3 is 0 Å². The molecular formula is C14H18N2O. The summed E-state index contributed by atoms with van der Waals surface area (Å²) in [6.07, 6.45) is 7.20. The van der Waals surface area contributed by atoms with Gasteiger partial charge in [0.15, 0.2) is 0 Å². The fourth-order valence-electron chi connectivity index (χ4n) is 1.91. The van der Waals surface area contributed by atoms with Gasteiger partial charge in [-0.25, -0.2) is 4.98 Å². The molecule has 0 bridgehead atoms. The Labute approximate surface area is 102 Å². The first-order valence-corrected chi connectivity index (χ1v) is 5.99. The molecule has 0 unspecified atom stereocenters. The molecule has 1 aromatic heterocycles. The standard InChI is InChI=1S/C14H18N2O/c1-17-14-15-10-12-16(14)11-6-5-9-13-7-3-2-4-8-13/h2-4,7-8,10,12H,5-6,9,11H2,1H3. The van der Waals surface area contributed by atoms with Gasteiger partial charge in [-0.15, -0.1) is 0 Å². The van der Waals surface area contributed by atoms with Crippen molar-refractivity contribution in [3.05, 3.63) is 48.3 Å². The zero-order valence-electron chi connectivity index (χ0n) is 10.2. The molecule has 0 atom stereocenters. The molecule has 0 saturated carbocycles. The Hall–Kier alpha value is -1.77. The van der Waals surface area contributed by atoms with Crippen LogP contribution in [0, 0.1) is 0 Å². The maximum atomic E-state index is 5.15. The number of ether oxygens (including phenoxy) is 1. The second-order valence-electron chi connectivity index (χ2n) is 4.05. The first kappa shape index (κ1) is 11.7. The van der Waals surface area contributed by atoms with E-state index in [0.29, 0.717) is 6.01 Å². The fourth-order valence-corrected chi connectivity index (χ4v) is 1.91. The van der Waals surface area contributed by atoms with Gasteiger partial charge in [-0.3, -0.25) is 0 Å². The Balaban J connectivity index is 1.73. The summed E-state index contributed by atoms with van der Waals surface area (Å²) in [7, 11) is 1.66. The first-order chi connectivity index (χ1) is 8.40. The van der Waals surface area contributed by atoms with Crippen LogP contribution in [0.2, 0.25) is 0 Å². The molecule has 90 valence electrons. The number of unbranched alkanes of at least 4 members (excludes halogenated alkanes) is 1. The van der Waals surface area contributed by atoms with E-state index in [9.17, 15) is 0 Å². The van der Waals surface area contributed by atoms with E-state index in [-0.39, 0.29) is 0 Å². The molecule has 3 heteroatoms. The molecule has 0 amide bonds. The van der Waals surface area contributed by atoms with Crippen molar-refractivity contribution in [1.29, 1.82) is 0 Å². The molecular weight excluding hydrogens is 212 g/mol. The quantitative estimate of drug-likeness (QED) is 0.713. The van der Waals surface area contributed by atoms with Crippen molar-refractivity contribution in [3.63, 3.8) is 0 Å². The molecule has 17 heavy (non-hydrogen) atoms. The predicted octanol–water partition coefficient (Wildman–Crippen LogP) is 2.91. The summed E-state index contributed by atoms with van der Waals surface area (Å²) in [5.74, 6) is 0. The summed E-state index contributed by atoms with van der Waals surface area (Å²) in [6.45, 7) is 0.968. The lowest BCUT2D eigenvalue weighted by atomic mass is 10.1. The smallest absolute Gasteiger partial charge is 0.295 e. The summed E-state index contributed by atoms with van der Waals surface area (Å²) in [5, 5.41) is 0. The third kappa shape index (κ3) is 3.34. The molecule has 0 aliphatic rings. The van der Waals surface area contributed by atoms with Gasteiger partial charge < -0.3 is 9.30 Å². The van der Waals surface area contributed by atoms with E-state index in [0.717, 1.165) is 19.4 Å². The van der Waals surface area contributed by atoms with Crippen LogP contribution in [0.4, 0.5) is 0 Å². The Morgan fingerprint density at radius 2 is 2.00 bits per heavy atom. The SMILES string of the molecule is COc1nccn1CCCCc1ccccc1. The van der Waals surface area contributed by atoms with Crippen LogP contribution in [0.25, 0.3) is 0 Å². The van der Waals surface area contributed by atoms with Gasteiger partial charge in [-0.1, -0.05) is 30.3 Å². The highest BCUT2D eigenvalue weighted by atomic mass is 16.5. The van der Waals surface area contributed by atoms with Crippen molar-refractivity contribution in [2.24, 2.45) is 0 Å². The number of hydrogen-bond acceptors (Lipinski definition) is 2. The van der Waals surface area contributed by atoms with Crippen LogP contribution >= 0.6 is 0 Å². The summed E-state index contributed by atoms with van der Waals surface area (Å²) in [5.41, 5.74) is 1.41. The number of aryl methyl sites for hydroxylation is 2. The van der Waals surface area contributed by atoms with Crippen molar-refractivity contribution in [3.8, 4) is 6.01 Å². The second kappa shape index (κ2) is 6.09. The fraction of sp³-hybridized carbons (Fsp3) is 0.357. The molecule has 2 aromatic rings. The summed E-state index contributed by atoms with van der Waals surface area (Å²) >= 11 is 0. The Bertz CT molecular complexity index is 436. The van der Waals surface area contributed by atoms with Crippen LogP contribution < -0.4 is 4.74 Å². The Kier molecular flexibility index (Phi) is 4.19. The van der Waals surface area contributed by atoms with Gasteiger partial charge in [0, 0.05) is 18.9 Å². The highest BCUT2D eigenvalue weighted by Crippen LogP contribution is 2.10. The molecule has 0 N–H and O–H groups in total. The minimum atomic E-state index is 0.699. The number of nitrogens with zero attached hydrogens (tertiary/aromatic N) is 2. The van der Waals surface area contributed by atoms with Crippen molar-refractivity contribution in [2.45, 2.75) is 25.8 Å². The molecule has 0 saturated heterocycles. The largest absolute Gasteiger partial charge is 0.468 e. The summed E-state index contributed by atoms with van der Waals surface area (Å²) < 4.78 is 7.20. The van der Waals surface area contributed by atoms with E-state index in [1.165, 1.54) is 12.0 Å². The average molecular weight is 230 g/mol. The molecule has 3 nitrogen and oxygen atoms in total. The van der Waals surface area contributed by atoms with Gasteiger partial charge in [0.1, 0.15) is 0 Å². The molecule has 0 aliphatic carbocycles. The Morgan fingerprint density at radius 1 is 1.18 bits per heavy atom. The third-order valence-corrected chi connectivity index (χ3v) is 2.82. The molecule has 0 radical (unpaired) electrons. The van der Waals surface area contributed by atoms with Crippen LogP contribution in [0.1, 0.15) is 18.4 Å². The van der Waals surface area contributed by atoms with Crippen molar-refractivity contribution in [1.82, 2.24) is 9.55 Å². The van der Waals surface area contributed by atoms with Crippen LogP contribution in [-0.2, 0) is 13.0 Å². The first-order valence-electron chi connectivity index (χ1n) is 5.99.